The fourth-order valence-corrected chi connectivity index (χ4v) is 8.55. The van der Waals surface area contributed by atoms with Crippen LogP contribution in [-0.2, 0) is 24.8 Å². The Labute approximate surface area is 205 Å². The average molecular weight is 549 g/mol. The Morgan fingerprint density at radius 3 is 2.61 bits per heavy atom. The van der Waals surface area contributed by atoms with Crippen molar-refractivity contribution in [3.05, 3.63) is 34.7 Å². The molecule has 1 aliphatic rings. The van der Waals surface area contributed by atoms with Gasteiger partial charge in [-0.2, -0.15) is 4.31 Å². The average Bonchev–Trinajstić information content (AvgIpc) is 3.39. The summed E-state index contributed by atoms with van der Waals surface area (Å²) in [6.45, 7) is 0.408. The van der Waals surface area contributed by atoms with E-state index in [9.17, 15) is 21.6 Å². The molecule has 0 bridgehead atoms. The maximum absolute atomic E-state index is 12.9. The van der Waals surface area contributed by atoms with E-state index in [1.54, 1.807) is 6.07 Å². The number of carbonyl (C=O) groups excluding carboxylic acids is 1. The number of aromatic nitrogens is 1. The van der Waals surface area contributed by atoms with Gasteiger partial charge in [0.05, 0.1) is 25.4 Å². The molecule has 14 heteroatoms. The van der Waals surface area contributed by atoms with Crippen LogP contribution in [0.5, 0.6) is 0 Å². The molecule has 3 heterocycles. The molecule has 1 atom stereocenters. The second kappa shape index (κ2) is 9.21. The molecule has 0 radical (unpaired) electrons. The zero-order valence-electron chi connectivity index (χ0n) is 17.7. The van der Waals surface area contributed by atoms with Crippen LogP contribution in [0.3, 0.4) is 0 Å². The fraction of sp³-hybridized carbons (Fsp3) is 0.368. The van der Waals surface area contributed by atoms with E-state index in [0.29, 0.717) is 39.1 Å². The predicted octanol–water partition coefficient (Wildman–Crippen LogP) is 3.30. The number of halogens is 1. The highest BCUT2D eigenvalue weighted by atomic mass is 35.5. The van der Waals surface area contributed by atoms with Crippen LogP contribution in [0.25, 0.3) is 10.2 Å². The van der Waals surface area contributed by atoms with Crippen molar-refractivity contribution in [2.24, 2.45) is 5.92 Å². The molecule has 1 saturated heterocycles. The number of thiazole rings is 1. The predicted molar refractivity (Wildman–Crippen MR) is 130 cm³/mol. The third-order valence-corrected chi connectivity index (χ3v) is 11.6. The van der Waals surface area contributed by atoms with Crippen molar-refractivity contribution in [2.75, 3.05) is 32.5 Å². The van der Waals surface area contributed by atoms with Gasteiger partial charge in [0.25, 0.3) is 10.0 Å². The summed E-state index contributed by atoms with van der Waals surface area (Å²) >= 11 is 8.04. The number of thiophene rings is 1. The minimum absolute atomic E-state index is 0.0693. The highest BCUT2D eigenvalue weighted by Gasteiger charge is 2.34. The lowest BCUT2D eigenvalue weighted by atomic mass is 9.99. The molecule has 33 heavy (non-hydrogen) atoms. The van der Waals surface area contributed by atoms with Gasteiger partial charge in [-0.3, -0.25) is 4.79 Å². The van der Waals surface area contributed by atoms with Crippen molar-refractivity contribution in [3.8, 4) is 0 Å². The van der Waals surface area contributed by atoms with Gasteiger partial charge in [0.15, 0.2) is 5.13 Å². The van der Waals surface area contributed by atoms with Crippen LogP contribution in [-0.4, -0.2) is 63.5 Å². The molecule has 1 aromatic carbocycles. The van der Waals surface area contributed by atoms with E-state index in [0.717, 1.165) is 15.6 Å². The van der Waals surface area contributed by atoms with E-state index < -0.39 is 26.0 Å². The fourth-order valence-electron chi connectivity index (χ4n) is 3.48. The number of carbonyl (C=O) groups is 1. The summed E-state index contributed by atoms with van der Waals surface area (Å²) in [7, 11) is -4.39. The maximum Gasteiger partial charge on any atom is 0.252 e. The number of fused-ring (bicyclic) bond motifs is 1. The molecular formula is C19H21ClN4O5S4. The van der Waals surface area contributed by atoms with Crippen molar-refractivity contribution >= 4 is 75.6 Å². The molecule has 9 nitrogen and oxygen atoms in total. The van der Waals surface area contributed by atoms with Crippen LogP contribution in [0.1, 0.15) is 12.8 Å². The minimum atomic E-state index is -3.71. The number of hydrogen-bond acceptors (Lipinski definition) is 8. The number of sulfonamides is 2. The summed E-state index contributed by atoms with van der Waals surface area (Å²) in [6.07, 6.45) is 1.11. The Balaban J connectivity index is 1.49. The Morgan fingerprint density at radius 1 is 1.18 bits per heavy atom. The van der Waals surface area contributed by atoms with E-state index in [1.807, 2.05) is 0 Å². The summed E-state index contributed by atoms with van der Waals surface area (Å²) in [6, 6.07) is 7.61. The second-order valence-corrected chi connectivity index (χ2v) is 14.7. The normalized spacial score (nSPS) is 18.1. The lowest BCUT2D eigenvalue weighted by Crippen LogP contribution is -2.43. The van der Waals surface area contributed by atoms with E-state index >= 15 is 0 Å². The summed E-state index contributed by atoms with van der Waals surface area (Å²) in [5, 5.41) is 3.10. The van der Waals surface area contributed by atoms with Crippen LogP contribution >= 0.6 is 34.3 Å². The van der Waals surface area contributed by atoms with Gasteiger partial charge in [-0.05, 0) is 43.2 Å². The number of benzene rings is 1. The molecule has 178 valence electrons. The number of anilines is 1. The molecule has 2 aromatic heterocycles. The summed E-state index contributed by atoms with van der Waals surface area (Å²) < 4.78 is 54.1. The Morgan fingerprint density at radius 2 is 1.94 bits per heavy atom. The quantitative estimate of drug-likeness (QED) is 0.505. The molecule has 0 saturated carbocycles. The van der Waals surface area contributed by atoms with Crippen LogP contribution in [0.4, 0.5) is 5.13 Å². The third-order valence-electron chi connectivity index (χ3n) is 5.27. The van der Waals surface area contributed by atoms with Gasteiger partial charge in [0.2, 0.25) is 15.9 Å². The number of nitrogens with one attached hydrogen (secondary N) is 1. The van der Waals surface area contributed by atoms with Crippen molar-refractivity contribution < 1.29 is 21.6 Å². The molecule has 1 amide bonds. The number of rotatable bonds is 6. The molecule has 1 N–H and O–H groups in total. The summed E-state index contributed by atoms with van der Waals surface area (Å²) in [4.78, 5) is 17.4. The molecule has 4 rings (SSSR count). The van der Waals surface area contributed by atoms with Crippen molar-refractivity contribution in [1.29, 1.82) is 0 Å². The van der Waals surface area contributed by atoms with Crippen molar-refractivity contribution in [1.82, 2.24) is 13.6 Å². The highest BCUT2D eigenvalue weighted by Crippen LogP contribution is 2.32. The van der Waals surface area contributed by atoms with Gasteiger partial charge in [0, 0.05) is 27.2 Å². The van der Waals surface area contributed by atoms with Crippen LogP contribution in [0, 0.1) is 5.92 Å². The zero-order valence-corrected chi connectivity index (χ0v) is 21.7. The van der Waals surface area contributed by atoms with Crippen LogP contribution in [0.2, 0.25) is 4.34 Å². The van der Waals surface area contributed by atoms with Crippen molar-refractivity contribution in [3.63, 3.8) is 0 Å². The largest absolute Gasteiger partial charge is 0.302 e. The smallest absolute Gasteiger partial charge is 0.252 e. The second-order valence-electron chi connectivity index (χ2n) is 7.69. The van der Waals surface area contributed by atoms with Gasteiger partial charge in [0.1, 0.15) is 4.21 Å². The van der Waals surface area contributed by atoms with Crippen LogP contribution < -0.4 is 5.32 Å². The monoisotopic (exact) mass is 548 g/mol. The van der Waals surface area contributed by atoms with E-state index in [4.69, 9.17) is 11.6 Å². The molecule has 1 fully saturated rings. The zero-order chi connectivity index (χ0) is 24.0. The number of hydrogen-bond donors (Lipinski definition) is 1. The molecule has 1 unspecified atom stereocenters. The topological polar surface area (TPSA) is 117 Å². The van der Waals surface area contributed by atoms with Crippen LogP contribution in [0.15, 0.2) is 39.4 Å². The van der Waals surface area contributed by atoms with Gasteiger partial charge in [-0.1, -0.05) is 22.9 Å². The minimum Gasteiger partial charge on any atom is -0.302 e. The first-order chi connectivity index (χ1) is 15.5. The molecule has 0 aliphatic carbocycles. The third kappa shape index (κ3) is 4.94. The first kappa shape index (κ1) is 24.5. The number of amides is 1. The summed E-state index contributed by atoms with van der Waals surface area (Å²) in [5.74, 6) is -0.847. The molecule has 0 spiro atoms. The van der Waals surface area contributed by atoms with Gasteiger partial charge >= 0.3 is 0 Å². The lowest BCUT2D eigenvalue weighted by molar-refractivity contribution is -0.120. The van der Waals surface area contributed by atoms with E-state index in [2.05, 4.69) is 10.3 Å². The lowest BCUT2D eigenvalue weighted by Gasteiger charge is -2.30. The van der Waals surface area contributed by atoms with E-state index in [-0.39, 0.29) is 21.6 Å². The van der Waals surface area contributed by atoms with E-state index in [1.165, 1.54) is 54.0 Å². The first-order valence-electron chi connectivity index (χ1n) is 9.88. The Bertz CT molecular complexity index is 1410. The number of nitrogens with zero attached hydrogens (tertiary/aromatic N) is 3. The molecule has 3 aromatic rings. The Kier molecular flexibility index (Phi) is 6.84. The first-order valence-corrected chi connectivity index (χ1v) is 14.8. The standard InChI is InChI=1S/C19H21ClN4O5S4/c1-23(2)32(26,27)13-5-6-14-15(10-13)30-19(21-14)22-18(25)12-4-3-9-24(11-12)33(28,29)17-8-7-16(20)31-17/h5-8,10,12H,3-4,9,11H2,1-2H3,(H,21,22,25). The van der Waals surface area contributed by atoms with Gasteiger partial charge in [-0.15, -0.1) is 11.3 Å². The van der Waals surface area contributed by atoms with Crippen molar-refractivity contribution in [2.45, 2.75) is 21.9 Å². The number of piperidine rings is 1. The molecular weight excluding hydrogens is 528 g/mol. The Hall–Kier alpha value is -1.61. The van der Waals surface area contributed by atoms with Gasteiger partial charge in [-0.25, -0.2) is 26.1 Å². The molecule has 1 aliphatic heterocycles. The maximum atomic E-state index is 12.9. The SMILES string of the molecule is CN(C)S(=O)(=O)c1ccc2nc(NC(=O)C3CCCN(S(=O)(=O)c4ccc(Cl)s4)C3)sc2c1. The summed E-state index contributed by atoms with van der Waals surface area (Å²) in [5.41, 5.74) is 0.565. The van der Waals surface area contributed by atoms with Gasteiger partial charge < -0.3 is 5.32 Å². The highest BCUT2D eigenvalue weighted by molar-refractivity contribution is 7.91.